The summed E-state index contributed by atoms with van der Waals surface area (Å²) in [6, 6.07) is 9.14. The largest absolute Gasteiger partial charge is 0.456 e. The highest BCUT2D eigenvalue weighted by Crippen LogP contribution is 2.20. The van der Waals surface area contributed by atoms with E-state index in [-0.39, 0.29) is 21.8 Å². The monoisotopic (exact) mass is 410 g/mol. The van der Waals surface area contributed by atoms with Crippen LogP contribution in [-0.2, 0) is 9.53 Å². The van der Waals surface area contributed by atoms with Crippen molar-refractivity contribution in [2.24, 2.45) is 0 Å². The Morgan fingerprint density at radius 2 is 1.74 bits per heavy atom. The maximum atomic E-state index is 12.0. The molecule has 1 N–H and O–H groups in total. The maximum Gasteiger partial charge on any atom is 0.325 e. The summed E-state index contributed by atoms with van der Waals surface area (Å²) < 4.78 is 4.78. The molecule has 2 aromatic carbocycles. The number of benzene rings is 2. The summed E-state index contributed by atoms with van der Waals surface area (Å²) in [5.74, 6) is -1.97. The maximum absolute atomic E-state index is 12.0. The van der Waals surface area contributed by atoms with Crippen LogP contribution >= 0.6 is 23.2 Å². The van der Waals surface area contributed by atoms with Crippen LogP contribution in [0.2, 0.25) is 10.0 Å². The van der Waals surface area contributed by atoms with Crippen LogP contribution < -0.4 is 5.32 Å². The molecule has 2 rings (SSSR count). The third-order valence-electron chi connectivity index (χ3n) is 3.33. The molecular weight excluding hydrogens is 399 g/mol. The molecule has 0 radical (unpaired) electrons. The zero-order chi connectivity index (χ0) is 20.0. The number of nitro groups is 1. The third-order valence-corrected chi connectivity index (χ3v) is 3.88. The van der Waals surface area contributed by atoms with E-state index in [1.165, 1.54) is 42.5 Å². The van der Waals surface area contributed by atoms with Crippen molar-refractivity contribution < 1.29 is 24.0 Å². The fraction of sp³-hybridized carbons (Fsp3) is 0.118. The molecule has 140 valence electrons. The molecule has 0 saturated carbocycles. The van der Waals surface area contributed by atoms with E-state index in [0.717, 1.165) is 0 Å². The molecule has 0 aliphatic carbocycles. The first-order valence-electron chi connectivity index (χ1n) is 7.44. The predicted octanol–water partition coefficient (Wildman–Crippen LogP) is 3.06. The van der Waals surface area contributed by atoms with Crippen molar-refractivity contribution in [2.75, 3.05) is 13.2 Å². The first-order chi connectivity index (χ1) is 12.8. The molecule has 0 bridgehead atoms. The van der Waals surface area contributed by atoms with Crippen LogP contribution in [0, 0.1) is 10.1 Å². The summed E-state index contributed by atoms with van der Waals surface area (Å²) in [5.41, 5.74) is 0.133. The molecule has 27 heavy (non-hydrogen) atoms. The number of nitrogens with zero attached hydrogens (tertiary/aromatic N) is 1. The molecule has 0 aromatic heterocycles. The first-order valence-corrected chi connectivity index (χ1v) is 8.20. The number of carbonyl (C=O) groups is 3. The number of hydrogen-bond acceptors (Lipinski definition) is 6. The van der Waals surface area contributed by atoms with Gasteiger partial charge in [0.1, 0.15) is 6.54 Å². The van der Waals surface area contributed by atoms with E-state index < -0.39 is 35.7 Å². The number of halogens is 2. The van der Waals surface area contributed by atoms with Crippen molar-refractivity contribution in [1.82, 2.24) is 5.32 Å². The molecule has 0 unspecified atom stereocenters. The van der Waals surface area contributed by atoms with Crippen LogP contribution in [0.3, 0.4) is 0 Å². The van der Waals surface area contributed by atoms with E-state index in [1.807, 2.05) is 0 Å². The molecule has 0 saturated heterocycles. The SMILES string of the molecule is O=C(CNC(=O)c1ccc(Cl)cc1Cl)OCC(=O)c1ccc([N+](=O)[O-])cc1. The zero-order valence-corrected chi connectivity index (χ0v) is 15.1. The van der Waals surface area contributed by atoms with Crippen LogP contribution in [0.1, 0.15) is 20.7 Å². The fourth-order valence-electron chi connectivity index (χ4n) is 1.97. The van der Waals surface area contributed by atoms with Gasteiger partial charge >= 0.3 is 5.97 Å². The van der Waals surface area contributed by atoms with Crippen LogP contribution in [-0.4, -0.2) is 35.7 Å². The lowest BCUT2D eigenvalue weighted by Crippen LogP contribution is -2.31. The Labute approximate surface area is 163 Å². The number of nitrogens with one attached hydrogen (secondary N) is 1. The highest BCUT2D eigenvalue weighted by atomic mass is 35.5. The number of ether oxygens (including phenoxy) is 1. The minimum atomic E-state index is -0.830. The molecule has 0 heterocycles. The molecule has 10 heteroatoms. The molecule has 0 aliphatic rings. The molecular formula is C17H12Cl2N2O6. The summed E-state index contributed by atoms with van der Waals surface area (Å²) >= 11 is 11.6. The lowest BCUT2D eigenvalue weighted by Gasteiger charge is -2.07. The number of nitro benzene ring substituents is 1. The smallest absolute Gasteiger partial charge is 0.325 e. The number of amides is 1. The Kier molecular flexibility index (Phi) is 6.86. The topological polar surface area (TPSA) is 116 Å². The summed E-state index contributed by atoms with van der Waals surface area (Å²) in [6.07, 6.45) is 0. The van der Waals surface area contributed by atoms with Crippen molar-refractivity contribution in [3.63, 3.8) is 0 Å². The second kappa shape index (κ2) is 9.11. The van der Waals surface area contributed by atoms with Gasteiger partial charge in [-0.15, -0.1) is 0 Å². The van der Waals surface area contributed by atoms with Crippen LogP contribution in [0.5, 0.6) is 0 Å². The number of Topliss-reactive ketones (excluding diaryl/α,β-unsaturated/α-hetero) is 1. The zero-order valence-electron chi connectivity index (χ0n) is 13.6. The Morgan fingerprint density at radius 3 is 2.33 bits per heavy atom. The molecule has 0 fully saturated rings. The summed E-state index contributed by atoms with van der Waals surface area (Å²) in [4.78, 5) is 45.5. The highest BCUT2D eigenvalue weighted by Gasteiger charge is 2.15. The van der Waals surface area contributed by atoms with Gasteiger partial charge in [0.05, 0.1) is 15.5 Å². The van der Waals surface area contributed by atoms with Crippen LogP contribution in [0.4, 0.5) is 5.69 Å². The van der Waals surface area contributed by atoms with Gasteiger partial charge < -0.3 is 10.1 Å². The average molecular weight is 411 g/mol. The number of hydrogen-bond donors (Lipinski definition) is 1. The van der Waals surface area contributed by atoms with Gasteiger partial charge in [0.25, 0.3) is 11.6 Å². The average Bonchev–Trinajstić information content (AvgIpc) is 2.64. The van der Waals surface area contributed by atoms with Crippen molar-refractivity contribution >= 4 is 46.5 Å². The van der Waals surface area contributed by atoms with Gasteiger partial charge in [0, 0.05) is 22.7 Å². The second-order valence-electron chi connectivity index (χ2n) is 5.19. The number of esters is 1. The van der Waals surface area contributed by atoms with Gasteiger partial charge in [-0.2, -0.15) is 0 Å². The Bertz CT molecular complexity index is 899. The molecule has 8 nitrogen and oxygen atoms in total. The number of carbonyl (C=O) groups excluding carboxylic acids is 3. The fourth-order valence-corrected chi connectivity index (χ4v) is 2.47. The van der Waals surface area contributed by atoms with E-state index in [1.54, 1.807) is 0 Å². The lowest BCUT2D eigenvalue weighted by molar-refractivity contribution is -0.384. The van der Waals surface area contributed by atoms with E-state index in [0.29, 0.717) is 5.02 Å². The Balaban J connectivity index is 1.82. The van der Waals surface area contributed by atoms with E-state index in [2.05, 4.69) is 5.32 Å². The highest BCUT2D eigenvalue weighted by molar-refractivity contribution is 6.36. The van der Waals surface area contributed by atoms with Crippen molar-refractivity contribution in [3.8, 4) is 0 Å². The van der Waals surface area contributed by atoms with Gasteiger partial charge in [-0.3, -0.25) is 24.5 Å². The standard InChI is InChI=1S/C17H12Cl2N2O6/c18-11-3-6-13(14(19)7-11)17(24)20-8-16(23)27-9-15(22)10-1-4-12(5-2-10)21(25)26/h1-7H,8-9H2,(H,20,24). The molecule has 0 spiro atoms. The molecule has 0 aliphatic heterocycles. The summed E-state index contributed by atoms with van der Waals surface area (Å²) in [7, 11) is 0. The van der Waals surface area contributed by atoms with Crippen molar-refractivity contribution in [2.45, 2.75) is 0 Å². The summed E-state index contributed by atoms with van der Waals surface area (Å²) in [5, 5.41) is 13.4. The van der Waals surface area contributed by atoms with Gasteiger partial charge in [0.2, 0.25) is 0 Å². The van der Waals surface area contributed by atoms with Crippen LogP contribution in [0.25, 0.3) is 0 Å². The first kappa shape index (κ1) is 20.3. The minimum Gasteiger partial charge on any atom is -0.456 e. The lowest BCUT2D eigenvalue weighted by atomic mass is 10.1. The van der Waals surface area contributed by atoms with Crippen LogP contribution in [0.15, 0.2) is 42.5 Å². The van der Waals surface area contributed by atoms with Gasteiger partial charge in [-0.1, -0.05) is 23.2 Å². The van der Waals surface area contributed by atoms with Gasteiger partial charge in [-0.25, -0.2) is 0 Å². The van der Waals surface area contributed by atoms with Gasteiger partial charge in [-0.05, 0) is 30.3 Å². The van der Waals surface area contributed by atoms with E-state index >= 15 is 0 Å². The number of rotatable bonds is 7. The number of ketones is 1. The number of non-ortho nitro benzene ring substituents is 1. The van der Waals surface area contributed by atoms with Crippen molar-refractivity contribution in [1.29, 1.82) is 0 Å². The van der Waals surface area contributed by atoms with E-state index in [4.69, 9.17) is 27.9 Å². The van der Waals surface area contributed by atoms with Crippen molar-refractivity contribution in [3.05, 3.63) is 73.8 Å². The quantitative estimate of drug-likeness (QED) is 0.324. The minimum absolute atomic E-state index is 0.127. The predicted molar refractivity (Wildman–Crippen MR) is 97.2 cm³/mol. The Hall–Kier alpha value is -2.97. The van der Waals surface area contributed by atoms with E-state index in [9.17, 15) is 24.5 Å². The second-order valence-corrected chi connectivity index (χ2v) is 6.04. The molecule has 2 aromatic rings. The Morgan fingerprint density at radius 1 is 1.07 bits per heavy atom. The normalized spacial score (nSPS) is 10.1. The summed E-state index contributed by atoms with van der Waals surface area (Å²) in [6.45, 7) is -1.03. The van der Waals surface area contributed by atoms with Gasteiger partial charge in [0.15, 0.2) is 12.4 Å². The molecule has 1 amide bonds. The molecule has 0 atom stereocenters. The third kappa shape index (κ3) is 5.77.